The third-order valence-corrected chi connectivity index (χ3v) is 11.4. The third-order valence-electron chi connectivity index (χ3n) is 11.4. The molecule has 0 aromatic heterocycles. The number of phenolic OH excluding ortho intramolecular Hbond substituents is 2. The molecule has 4 aromatic rings. The van der Waals surface area contributed by atoms with E-state index in [-0.39, 0.29) is 61.6 Å². The number of carbonyl (C=O) groups excluding carboxylic acids is 2. The summed E-state index contributed by atoms with van der Waals surface area (Å²) in [5.74, 6) is -5.00. The van der Waals surface area contributed by atoms with E-state index in [1.165, 1.54) is 59.7 Å². The van der Waals surface area contributed by atoms with Gasteiger partial charge in [0, 0.05) is 51.5 Å². The number of esters is 2. The largest absolute Gasteiger partial charge is 0.507 e. The summed E-state index contributed by atoms with van der Waals surface area (Å²) in [7, 11) is 0. The molecule has 4 atom stereocenters. The van der Waals surface area contributed by atoms with E-state index in [0.29, 0.717) is 11.5 Å². The second-order valence-corrected chi connectivity index (χ2v) is 21.0. The molecule has 0 unspecified atom stereocenters. The number of aromatic hydroxyl groups is 2. The molecule has 12 nitrogen and oxygen atoms in total. The number of hydrogen-bond acceptors (Lipinski definition) is 10. The Hall–Kier alpha value is -5.79. The van der Waals surface area contributed by atoms with Crippen LogP contribution in [0.3, 0.4) is 0 Å². The molecule has 1 aliphatic rings. The quantitative estimate of drug-likeness (QED) is 0.0830. The maximum absolute atomic E-state index is 12.0. The SMILES string of the molecule is CC(C)(C)c1cc(C=N[C@@H]2CCCC[C@H]2N=Cc2cc(C(C)(C)C)cc(C(C)(C)C)c2O)c(O)c(C(C)(C)C)c1.O=C(O[C@@H](C(=O)O)[C@@H](OC(=O)c1ccccc1)C(=O)O)c1ccccc1.[Co]. The van der Waals surface area contributed by atoms with Crippen molar-refractivity contribution in [2.75, 3.05) is 0 Å². The molecule has 1 radical (unpaired) electrons. The van der Waals surface area contributed by atoms with Crippen molar-refractivity contribution >= 4 is 36.3 Å². The first-order valence-electron chi connectivity index (χ1n) is 22.4. The normalized spacial score (nSPS) is 16.5. The van der Waals surface area contributed by atoms with Gasteiger partial charge in [0.15, 0.2) is 0 Å². The smallest absolute Gasteiger partial charge is 0.349 e. The minimum atomic E-state index is -2.21. The summed E-state index contributed by atoms with van der Waals surface area (Å²) < 4.78 is 9.52. The number of ether oxygens (including phenoxy) is 2. The average Bonchev–Trinajstić information content (AvgIpc) is 3.23. The number of hydrogen-bond donors (Lipinski definition) is 4. The molecule has 0 bridgehead atoms. The van der Waals surface area contributed by atoms with Gasteiger partial charge in [-0.1, -0.05) is 144 Å². The molecule has 5 rings (SSSR count). The maximum Gasteiger partial charge on any atom is 0.349 e. The molecule has 1 fully saturated rings. The van der Waals surface area contributed by atoms with Crippen LogP contribution in [0.4, 0.5) is 0 Å². The van der Waals surface area contributed by atoms with Crippen molar-refractivity contribution in [3.63, 3.8) is 0 Å². The monoisotopic (exact) mass is 963 g/mol. The summed E-state index contributed by atoms with van der Waals surface area (Å²) in [6.45, 7) is 26.0. The Balaban J connectivity index is 0.000000382. The molecule has 0 spiro atoms. The molecule has 0 heterocycles. The summed E-state index contributed by atoms with van der Waals surface area (Å²) >= 11 is 0. The number of aliphatic imine (C=N–C) groups is 2. The molecular formula is C54H68CoN2O10. The zero-order valence-electron chi connectivity index (χ0n) is 40.8. The van der Waals surface area contributed by atoms with Crippen molar-refractivity contribution < 1.29 is 65.9 Å². The Morgan fingerprint density at radius 1 is 0.537 bits per heavy atom. The van der Waals surface area contributed by atoms with Gasteiger partial charge in [-0.25, -0.2) is 19.2 Å². The van der Waals surface area contributed by atoms with Crippen LogP contribution in [0, 0.1) is 0 Å². The van der Waals surface area contributed by atoms with Crippen LogP contribution in [-0.4, -0.2) is 81.0 Å². The molecule has 0 aliphatic heterocycles. The van der Waals surface area contributed by atoms with Crippen molar-refractivity contribution in [1.82, 2.24) is 0 Å². The molecule has 363 valence electrons. The van der Waals surface area contributed by atoms with Crippen molar-refractivity contribution in [3.8, 4) is 11.5 Å². The summed E-state index contributed by atoms with van der Waals surface area (Å²) in [6.07, 6.45) is 3.47. The molecule has 0 saturated heterocycles. The second kappa shape index (κ2) is 22.8. The number of aliphatic carboxylic acids is 2. The van der Waals surface area contributed by atoms with Gasteiger partial charge < -0.3 is 29.9 Å². The summed E-state index contributed by atoms with van der Waals surface area (Å²) in [5.41, 5.74) is 5.45. The van der Waals surface area contributed by atoms with Crippen molar-refractivity contribution in [3.05, 3.63) is 129 Å². The van der Waals surface area contributed by atoms with Crippen LogP contribution < -0.4 is 0 Å². The van der Waals surface area contributed by atoms with Crippen LogP contribution >= 0.6 is 0 Å². The Morgan fingerprint density at radius 2 is 0.851 bits per heavy atom. The molecule has 0 amide bonds. The van der Waals surface area contributed by atoms with Crippen molar-refractivity contribution in [2.24, 2.45) is 9.98 Å². The van der Waals surface area contributed by atoms with Gasteiger partial charge in [0.05, 0.1) is 23.2 Å². The van der Waals surface area contributed by atoms with E-state index < -0.39 is 36.1 Å². The summed E-state index contributed by atoms with van der Waals surface area (Å²) in [6, 6.07) is 23.4. The molecule has 67 heavy (non-hydrogen) atoms. The van der Waals surface area contributed by atoms with Gasteiger partial charge in [-0.2, -0.15) is 0 Å². The molecule has 4 aromatic carbocycles. The van der Waals surface area contributed by atoms with E-state index >= 15 is 0 Å². The zero-order valence-corrected chi connectivity index (χ0v) is 41.9. The molecule has 1 aliphatic carbocycles. The van der Waals surface area contributed by atoms with E-state index in [1.54, 1.807) is 12.1 Å². The van der Waals surface area contributed by atoms with Crippen LogP contribution in [-0.2, 0) is 57.5 Å². The van der Waals surface area contributed by atoms with Crippen molar-refractivity contribution in [2.45, 2.75) is 155 Å². The number of carboxylic acid groups (broad SMARTS) is 2. The number of rotatable bonds is 11. The fourth-order valence-corrected chi connectivity index (χ4v) is 7.31. The van der Waals surface area contributed by atoms with Crippen molar-refractivity contribution in [1.29, 1.82) is 0 Å². The van der Waals surface area contributed by atoms with Gasteiger partial charge in [-0.05, 0) is 82.0 Å². The van der Waals surface area contributed by atoms with Gasteiger partial charge in [-0.3, -0.25) is 9.98 Å². The number of benzene rings is 4. The first-order chi connectivity index (χ1) is 30.6. The average molecular weight is 964 g/mol. The second-order valence-electron chi connectivity index (χ2n) is 21.0. The molecular weight excluding hydrogens is 896 g/mol. The van der Waals surface area contributed by atoms with Crippen LogP contribution in [0.5, 0.6) is 11.5 Å². The molecule has 13 heteroatoms. The topological polar surface area (TPSA) is 192 Å². The van der Waals surface area contributed by atoms with Gasteiger partial charge in [-0.15, -0.1) is 0 Å². The summed E-state index contributed by atoms with van der Waals surface area (Å²) in [4.78, 5) is 56.9. The predicted octanol–water partition coefficient (Wildman–Crippen LogP) is 10.7. The standard InChI is InChI=1S/C36H54N2O2.C18H14O8.Co/c1-33(2,3)25-17-23(31(39)27(19-25)35(7,8)9)21-37-29-15-13-14-16-30(29)38-22-24-18-26(34(4,5)6)20-28(32(24)40)36(10,11)12;19-15(20)13(25-17(23)11-7-3-1-4-8-11)14(16(21)22)26-18(24)12-9-5-2-6-10-12;/h17-22,29-30,39-40H,13-16H2,1-12H3;1-10,13-14H,(H,19,20)(H,21,22);/t29-,30-;13-,14-;/m11./s1. The Kier molecular flexibility index (Phi) is 18.9. The van der Waals surface area contributed by atoms with E-state index in [0.717, 1.165) is 47.9 Å². The zero-order chi connectivity index (χ0) is 49.4. The predicted molar refractivity (Wildman–Crippen MR) is 259 cm³/mol. The Morgan fingerprint density at radius 3 is 1.12 bits per heavy atom. The Bertz CT molecular complexity index is 2230. The number of carbonyl (C=O) groups is 4. The minimum Gasteiger partial charge on any atom is -0.507 e. The fraction of sp³-hybridized carbons (Fsp3) is 0.444. The number of nitrogens with zero attached hydrogens (tertiary/aromatic N) is 2. The van der Waals surface area contributed by atoms with Gasteiger partial charge in [0.25, 0.3) is 0 Å². The van der Waals surface area contributed by atoms with E-state index in [1.807, 2.05) is 12.4 Å². The third kappa shape index (κ3) is 15.4. The van der Waals surface area contributed by atoms with E-state index in [2.05, 4.69) is 107 Å². The van der Waals surface area contributed by atoms with Gasteiger partial charge in [0.2, 0.25) is 12.2 Å². The number of phenols is 2. The van der Waals surface area contributed by atoms with Crippen LogP contribution in [0.25, 0.3) is 0 Å². The first-order valence-corrected chi connectivity index (χ1v) is 22.4. The molecule has 1 saturated carbocycles. The van der Waals surface area contributed by atoms with Crippen LogP contribution in [0.15, 0.2) is 94.9 Å². The first kappa shape index (κ1) is 55.5. The van der Waals surface area contributed by atoms with Gasteiger partial charge >= 0.3 is 23.9 Å². The van der Waals surface area contributed by atoms with Gasteiger partial charge in [0.1, 0.15) is 11.5 Å². The van der Waals surface area contributed by atoms with Crippen LogP contribution in [0.1, 0.15) is 163 Å². The molecule has 4 N–H and O–H groups in total. The Labute approximate surface area is 406 Å². The number of carboxylic acids is 2. The van der Waals surface area contributed by atoms with Crippen LogP contribution in [0.2, 0.25) is 0 Å². The summed E-state index contributed by atoms with van der Waals surface area (Å²) in [5, 5.41) is 40.9. The minimum absolute atomic E-state index is 0. The maximum atomic E-state index is 12.0. The van der Waals surface area contributed by atoms with E-state index in [9.17, 15) is 39.6 Å². The van der Waals surface area contributed by atoms with E-state index in [4.69, 9.17) is 19.5 Å². The fourth-order valence-electron chi connectivity index (χ4n) is 7.31.